The lowest BCUT2D eigenvalue weighted by atomic mass is 9.91. The fourth-order valence-electron chi connectivity index (χ4n) is 13.8. The Morgan fingerprint density at radius 2 is 0.702 bits per heavy atom. The second-order valence-electron chi connectivity index (χ2n) is 28.8. The van der Waals surface area contributed by atoms with Crippen molar-refractivity contribution < 1.29 is 27.8 Å². The van der Waals surface area contributed by atoms with E-state index in [0.29, 0.717) is 0 Å². The van der Waals surface area contributed by atoms with Crippen LogP contribution in [0.5, 0.6) is 17.2 Å². The predicted octanol–water partition coefficient (Wildman–Crippen LogP) is 15.5. The predicted molar refractivity (Wildman–Crippen MR) is 383 cm³/mol. The zero-order valence-electron chi connectivity index (χ0n) is 57.2. The Balaban J connectivity index is 0.000000154. The molecule has 6 heterocycles. The van der Waals surface area contributed by atoms with Gasteiger partial charge < -0.3 is 47.8 Å². The molecule has 17 heteroatoms. The van der Waals surface area contributed by atoms with Crippen LogP contribution >= 0.6 is 24.8 Å². The number of halogens is 2. The maximum Gasteiger partial charge on any atom is 0.175 e. The molecule has 0 spiro atoms. The summed E-state index contributed by atoms with van der Waals surface area (Å²) in [6.07, 6.45) is 22.0. The molecule has 8 aromatic rings. The number of likely N-dealkylation sites (tertiary alicyclic amines) is 2. The summed E-state index contributed by atoms with van der Waals surface area (Å²) in [6, 6.07) is 34.5. The first-order valence-corrected chi connectivity index (χ1v) is 35.3. The van der Waals surface area contributed by atoms with Gasteiger partial charge in [0.25, 0.3) is 0 Å². The number of piperidine rings is 3. The summed E-state index contributed by atoms with van der Waals surface area (Å²) in [7, 11) is 12.5. The van der Waals surface area contributed by atoms with Crippen molar-refractivity contribution in [3.05, 3.63) is 142 Å². The van der Waals surface area contributed by atoms with Crippen molar-refractivity contribution in [3.8, 4) is 17.2 Å². The number of nitrogens with zero attached hydrogens (tertiary/aromatic N) is 8. The summed E-state index contributed by atoms with van der Waals surface area (Å²) < 4.78 is 36.1. The van der Waals surface area contributed by atoms with E-state index < -0.39 is 0 Å². The van der Waals surface area contributed by atoms with Crippen LogP contribution < -0.4 is 19.5 Å². The van der Waals surface area contributed by atoms with Gasteiger partial charge in [0.2, 0.25) is 0 Å². The lowest BCUT2D eigenvalue weighted by Gasteiger charge is -2.31. The van der Waals surface area contributed by atoms with Crippen molar-refractivity contribution in [3.63, 3.8) is 0 Å². The molecule has 5 aromatic carbocycles. The molecular weight excluding hydrogens is 1220 g/mol. The van der Waals surface area contributed by atoms with Crippen molar-refractivity contribution in [2.75, 3.05) is 101 Å². The largest absolute Gasteiger partial charge is 0.493 e. The summed E-state index contributed by atoms with van der Waals surface area (Å²) in [5.41, 5.74) is 12.3. The average Bonchev–Trinajstić information content (AvgIpc) is 1.64. The molecule has 3 saturated carbocycles. The number of rotatable bonds is 28. The van der Waals surface area contributed by atoms with E-state index in [4.69, 9.17) is 27.8 Å². The highest BCUT2D eigenvalue weighted by molar-refractivity contribution is 5.87. The van der Waals surface area contributed by atoms with E-state index in [1.165, 1.54) is 134 Å². The Labute approximate surface area is 572 Å². The number of nitrogens with one attached hydrogen (secondary N) is 1. The zero-order valence-corrected chi connectivity index (χ0v) is 58.8. The molecule has 6 fully saturated rings. The van der Waals surface area contributed by atoms with Crippen LogP contribution in [0.2, 0.25) is 0 Å². The summed E-state index contributed by atoms with van der Waals surface area (Å²) in [6.45, 7) is 14.1. The van der Waals surface area contributed by atoms with Gasteiger partial charge in [-0.25, -0.2) is 0 Å². The SMILES string of the molecule is CN(C)Cc1c(OCC2CC2)ccc2c(CCC3CCN(Cc4ccccc4)CC3)noc12.CN(C)Cc1c(OCC2CC2)ccc2c(CCC3CCN(Cc4ccccc4)CC3)noc12.CN(C)Cc1c(OCC2CC2)ccc2c(CCC3CCNCC3)noc12.Cl.Cl. The normalized spacial score (nSPS) is 17.7. The van der Waals surface area contributed by atoms with Crippen LogP contribution in [-0.2, 0) is 52.0 Å². The fourth-order valence-corrected chi connectivity index (χ4v) is 13.8. The van der Waals surface area contributed by atoms with Crippen LogP contribution in [0.1, 0.15) is 141 Å². The lowest BCUT2D eigenvalue weighted by Crippen LogP contribution is -2.33. The monoisotopic (exact) mass is 1320 g/mol. The maximum atomic E-state index is 6.17. The topological polar surface area (TPSA) is 134 Å². The summed E-state index contributed by atoms with van der Waals surface area (Å²) in [5, 5.41) is 20.4. The maximum absolute atomic E-state index is 6.17. The molecule has 0 radical (unpaired) electrons. The van der Waals surface area contributed by atoms with Gasteiger partial charge in [0.05, 0.1) is 53.6 Å². The van der Waals surface area contributed by atoms with Crippen LogP contribution in [-0.4, -0.2) is 141 Å². The first-order valence-electron chi connectivity index (χ1n) is 35.3. The number of hydrogen-bond acceptors (Lipinski definition) is 15. The molecule has 0 unspecified atom stereocenters. The molecular formula is C77H107Cl2N9O6. The average molecular weight is 1330 g/mol. The molecule has 14 rings (SSSR count). The van der Waals surface area contributed by atoms with Crippen molar-refractivity contribution in [2.45, 2.75) is 148 Å². The van der Waals surface area contributed by atoms with Crippen LogP contribution in [0.25, 0.3) is 32.9 Å². The van der Waals surface area contributed by atoms with Gasteiger partial charge >= 0.3 is 0 Å². The molecule has 94 heavy (non-hydrogen) atoms. The highest BCUT2D eigenvalue weighted by Crippen LogP contribution is 2.39. The molecule has 3 aliphatic carbocycles. The van der Waals surface area contributed by atoms with E-state index in [1.54, 1.807) is 0 Å². The third kappa shape index (κ3) is 20.4. The Kier molecular flexibility index (Phi) is 26.4. The van der Waals surface area contributed by atoms with Gasteiger partial charge in [-0.1, -0.05) is 76.1 Å². The molecule has 0 bridgehead atoms. The van der Waals surface area contributed by atoms with Crippen molar-refractivity contribution in [1.82, 2.24) is 45.3 Å². The minimum absolute atomic E-state index is 0. The number of aromatic nitrogens is 3. The molecule has 1 N–H and O–H groups in total. The Morgan fingerprint density at radius 3 is 1.00 bits per heavy atom. The van der Waals surface area contributed by atoms with E-state index in [9.17, 15) is 0 Å². The molecule has 0 atom stereocenters. The first kappa shape index (κ1) is 71.0. The van der Waals surface area contributed by atoms with E-state index >= 15 is 0 Å². The third-order valence-corrected chi connectivity index (χ3v) is 20.0. The molecule has 6 aliphatic rings. The van der Waals surface area contributed by atoms with Crippen molar-refractivity contribution >= 4 is 57.7 Å². The van der Waals surface area contributed by atoms with Gasteiger partial charge in [0, 0.05) is 48.9 Å². The summed E-state index contributed by atoms with van der Waals surface area (Å²) in [4.78, 5) is 11.7. The number of benzene rings is 5. The van der Waals surface area contributed by atoms with Crippen LogP contribution in [0.4, 0.5) is 0 Å². The minimum Gasteiger partial charge on any atom is -0.493 e. The van der Waals surface area contributed by atoms with Crippen LogP contribution in [0.3, 0.4) is 0 Å². The van der Waals surface area contributed by atoms with Gasteiger partial charge in [-0.15, -0.1) is 24.8 Å². The Hall–Kier alpha value is -5.75. The smallest absolute Gasteiger partial charge is 0.175 e. The highest BCUT2D eigenvalue weighted by atomic mass is 35.5. The second kappa shape index (κ2) is 35.0. The third-order valence-electron chi connectivity index (χ3n) is 20.0. The minimum atomic E-state index is 0. The zero-order chi connectivity index (χ0) is 63.2. The number of aryl methyl sites for hydroxylation is 3. The van der Waals surface area contributed by atoms with Crippen molar-refractivity contribution in [1.29, 1.82) is 0 Å². The molecule has 3 aliphatic heterocycles. The van der Waals surface area contributed by atoms with Gasteiger partial charge in [0.15, 0.2) is 16.7 Å². The fraction of sp³-hybridized carbons (Fsp3) is 0.571. The van der Waals surface area contributed by atoms with E-state index in [0.717, 1.165) is 204 Å². The van der Waals surface area contributed by atoms with Crippen LogP contribution in [0.15, 0.2) is 111 Å². The van der Waals surface area contributed by atoms with Gasteiger partial charge in [-0.2, -0.15) is 0 Å². The molecule has 15 nitrogen and oxygen atoms in total. The molecule has 3 saturated heterocycles. The van der Waals surface area contributed by atoms with Gasteiger partial charge in [0.1, 0.15) is 17.2 Å². The molecule has 510 valence electrons. The highest BCUT2D eigenvalue weighted by Gasteiger charge is 2.29. The number of hydrogen-bond donors (Lipinski definition) is 1. The molecule has 3 aromatic heterocycles. The Morgan fingerprint density at radius 1 is 0.394 bits per heavy atom. The second-order valence-corrected chi connectivity index (χ2v) is 28.8. The quantitative estimate of drug-likeness (QED) is 0.0498. The first-order chi connectivity index (χ1) is 45.0. The van der Waals surface area contributed by atoms with Crippen LogP contribution in [0, 0.1) is 35.5 Å². The molecule has 0 amide bonds. The van der Waals surface area contributed by atoms with Gasteiger partial charge in [-0.05, 0) is 280 Å². The van der Waals surface area contributed by atoms with Gasteiger partial charge in [-0.3, -0.25) is 9.80 Å². The summed E-state index contributed by atoms with van der Waals surface area (Å²) >= 11 is 0. The number of ether oxygens (including phenoxy) is 3. The summed E-state index contributed by atoms with van der Waals surface area (Å²) in [5.74, 6) is 7.43. The van der Waals surface area contributed by atoms with E-state index in [1.807, 2.05) is 0 Å². The Bertz CT molecular complexity index is 3370. The number of fused-ring (bicyclic) bond motifs is 3. The lowest BCUT2D eigenvalue weighted by molar-refractivity contribution is 0.172. The van der Waals surface area contributed by atoms with E-state index in [2.05, 4.69) is 185 Å². The standard InChI is InChI=1S/2C28H37N3O2.C21H31N3O2.2ClH/c2*1-30(2)19-25-27(32-20-23-8-9-23)13-11-24-26(29-33-28(24)25)12-10-21-14-16-31(17-15-21)18-22-6-4-3-5-7-22;1-24(2)13-18-20(25-14-16-3-4-16)8-6-17-19(23-26-21(17)18)7-5-15-9-11-22-12-10-15;;/h2*3-7,11,13,21,23H,8-10,12,14-20H2,1-2H3;6,8,15-16,22H,3-5,7,9-14H2,1-2H3;2*1H. The van der Waals surface area contributed by atoms with E-state index in [-0.39, 0.29) is 24.8 Å². The van der Waals surface area contributed by atoms with Crippen molar-refractivity contribution in [2.24, 2.45) is 35.5 Å².